The zero-order valence-corrected chi connectivity index (χ0v) is 16.1. The zero-order valence-electron chi connectivity index (χ0n) is 16.1. The van der Waals surface area contributed by atoms with Crippen LogP contribution < -0.4 is 14.8 Å². The number of benzene rings is 3. The molecule has 0 atom stereocenters. The molecule has 7 heteroatoms. The Morgan fingerprint density at radius 2 is 1.69 bits per heavy atom. The van der Waals surface area contributed by atoms with Crippen LogP contribution in [-0.2, 0) is 6.54 Å². The topological polar surface area (TPSA) is 78.3 Å². The normalized spacial score (nSPS) is 10.7. The van der Waals surface area contributed by atoms with Gasteiger partial charge in [-0.3, -0.25) is 4.79 Å². The third kappa shape index (κ3) is 4.03. The van der Waals surface area contributed by atoms with Crippen molar-refractivity contribution in [2.75, 3.05) is 19.5 Å². The van der Waals surface area contributed by atoms with Gasteiger partial charge in [0.25, 0.3) is 5.91 Å². The van der Waals surface area contributed by atoms with Gasteiger partial charge >= 0.3 is 0 Å². The number of methoxy groups -OCH3 is 2. The Morgan fingerprint density at radius 1 is 0.966 bits per heavy atom. The first kappa shape index (κ1) is 18.5. The van der Waals surface area contributed by atoms with E-state index in [9.17, 15) is 4.79 Å². The Balaban J connectivity index is 1.56. The van der Waals surface area contributed by atoms with Gasteiger partial charge in [-0.25, -0.2) is 4.68 Å². The second-order valence-electron chi connectivity index (χ2n) is 6.49. The fourth-order valence-corrected chi connectivity index (χ4v) is 3.07. The second-order valence-corrected chi connectivity index (χ2v) is 6.49. The summed E-state index contributed by atoms with van der Waals surface area (Å²) in [5, 5.41) is 11.3. The van der Waals surface area contributed by atoms with Crippen LogP contribution in [-0.4, -0.2) is 35.1 Å². The molecule has 4 rings (SSSR count). The number of anilines is 1. The number of rotatable bonds is 6. The lowest BCUT2D eigenvalue weighted by Crippen LogP contribution is -2.12. The molecule has 0 aliphatic heterocycles. The van der Waals surface area contributed by atoms with Gasteiger partial charge in [0.15, 0.2) is 0 Å². The van der Waals surface area contributed by atoms with Gasteiger partial charge < -0.3 is 14.8 Å². The van der Waals surface area contributed by atoms with Crippen molar-refractivity contribution in [1.82, 2.24) is 15.0 Å². The van der Waals surface area contributed by atoms with E-state index in [0.29, 0.717) is 34.8 Å². The maximum atomic E-state index is 12.7. The van der Waals surface area contributed by atoms with Crippen molar-refractivity contribution in [2.24, 2.45) is 0 Å². The lowest BCUT2D eigenvalue weighted by molar-refractivity contribution is 0.102. The predicted octanol–water partition coefficient (Wildman–Crippen LogP) is 3.75. The van der Waals surface area contributed by atoms with Crippen LogP contribution >= 0.6 is 0 Å². The molecule has 0 bridgehead atoms. The van der Waals surface area contributed by atoms with Gasteiger partial charge in [-0.05, 0) is 23.8 Å². The summed E-state index contributed by atoms with van der Waals surface area (Å²) in [5.41, 5.74) is 3.74. The summed E-state index contributed by atoms with van der Waals surface area (Å²) in [4.78, 5) is 12.7. The lowest BCUT2D eigenvalue weighted by Gasteiger charge is -2.10. The van der Waals surface area contributed by atoms with Crippen molar-refractivity contribution in [1.29, 1.82) is 0 Å². The number of carbonyl (C=O) groups is 1. The molecule has 4 aromatic rings. The second kappa shape index (κ2) is 8.02. The number of hydrogen-bond acceptors (Lipinski definition) is 5. The molecule has 0 fully saturated rings. The van der Waals surface area contributed by atoms with Crippen LogP contribution in [0.4, 0.5) is 5.69 Å². The van der Waals surface area contributed by atoms with Crippen molar-refractivity contribution in [2.45, 2.75) is 6.54 Å². The number of nitrogens with one attached hydrogen (secondary N) is 1. The van der Waals surface area contributed by atoms with Crippen molar-refractivity contribution < 1.29 is 14.3 Å². The number of carbonyl (C=O) groups excluding carboxylic acids is 1. The minimum Gasteiger partial charge on any atom is -0.497 e. The van der Waals surface area contributed by atoms with Gasteiger partial charge in [-0.1, -0.05) is 35.5 Å². The van der Waals surface area contributed by atoms with Crippen molar-refractivity contribution in [3.05, 3.63) is 77.9 Å². The van der Waals surface area contributed by atoms with Crippen molar-refractivity contribution >= 4 is 22.6 Å². The third-order valence-corrected chi connectivity index (χ3v) is 4.56. The number of nitrogens with zero attached hydrogens (tertiary/aromatic N) is 3. The summed E-state index contributed by atoms with van der Waals surface area (Å²) in [6.07, 6.45) is 0. The van der Waals surface area contributed by atoms with E-state index < -0.39 is 0 Å². The Labute approximate surface area is 167 Å². The van der Waals surface area contributed by atoms with Crippen LogP contribution in [0.2, 0.25) is 0 Å². The molecule has 0 saturated carbocycles. The van der Waals surface area contributed by atoms with Gasteiger partial charge in [0.05, 0.1) is 26.3 Å². The summed E-state index contributed by atoms with van der Waals surface area (Å²) >= 11 is 0. The van der Waals surface area contributed by atoms with Gasteiger partial charge in [0, 0.05) is 29.4 Å². The average Bonchev–Trinajstić information content (AvgIpc) is 3.16. The molecule has 3 aromatic carbocycles. The largest absolute Gasteiger partial charge is 0.497 e. The highest BCUT2D eigenvalue weighted by molar-refractivity contribution is 6.06. The Bertz CT molecular complexity index is 1130. The molecule has 0 unspecified atom stereocenters. The number of amides is 1. The highest BCUT2D eigenvalue weighted by Gasteiger charge is 2.12. The zero-order chi connectivity index (χ0) is 20.2. The molecule has 146 valence electrons. The monoisotopic (exact) mass is 388 g/mol. The standard InChI is InChI=1S/C22H20N4O3/c1-28-18-11-17(12-19(13-18)29-2)23-22(27)16-8-9-21-20(10-16)24-25-26(21)14-15-6-4-3-5-7-15/h3-13H,14H2,1-2H3,(H,23,27). The van der Waals surface area contributed by atoms with Crippen LogP contribution in [0.25, 0.3) is 11.0 Å². The smallest absolute Gasteiger partial charge is 0.255 e. The minimum atomic E-state index is -0.250. The molecule has 0 radical (unpaired) electrons. The molecule has 7 nitrogen and oxygen atoms in total. The molecule has 1 heterocycles. The average molecular weight is 388 g/mol. The Morgan fingerprint density at radius 3 is 2.38 bits per heavy atom. The summed E-state index contributed by atoms with van der Waals surface area (Å²) in [6, 6.07) is 20.6. The van der Waals surface area contributed by atoms with Gasteiger partial charge in [0.1, 0.15) is 17.0 Å². The molecule has 1 amide bonds. The van der Waals surface area contributed by atoms with Crippen molar-refractivity contribution in [3.63, 3.8) is 0 Å². The number of fused-ring (bicyclic) bond motifs is 1. The van der Waals surface area contributed by atoms with Crippen LogP contribution in [0.3, 0.4) is 0 Å². The molecule has 1 aromatic heterocycles. The van der Waals surface area contributed by atoms with E-state index >= 15 is 0 Å². The van der Waals surface area contributed by atoms with Crippen LogP contribution in [0, 0.1) is 0 Å². The molecular weight excluding hydrogens is 368 g/mol. The molecule has 1 N–H and O–H groups in total. The van der Waals surface area contributed by atoms with E-state index in [4.69, 9.17) is 9.47 Å². The fourth-order valence-electron chi connectivity index (χ4n) is 3.07. The maximum Gasteiger partial charge on any atom is 0.255 e. The van der Waals surface area contributed by atoms with E-state index in [1.54, 1.807) is 44.6 Å². The predicted molar refractivity (Wildman–Crippen MR) is 111 cm³/mol. The summed E-state index contributed by atoms with van der Waals surface area (Å²) in [6.45, 7) is 0.618. The quantitative estimate of drug-likeness (QED) is 0.544. The first-order valence-electron chi connectivity index (χ1n) is 9.08. The Hall–Kier alpha value is -3.87. The summed E-state index contributed by atoms with van der Waals surface area (Å²) in [5.74, 6) is 0.942. The van der Waals surface area contributed by atoms with E-state index in [1.807, 2.05) is 41.1 Å². The highest BCUT2D eigenvalue weighted by Crippen LogP contribution is 2.26. The first-order valence-corrected chi connectivity index (χ1v) is 9.08. The van der Waals surface area contributed by atoms with Gasteiger partial charge in [0.2, 0.25) is 0 Å². The van der Waals surface area contributed by atoms with Gasteiger partial charge in [-0.15, -0.1) is 5.10 Å². The van der Waals surface area contributed by atoms with Crippen LogP contribution in [0.15, 0.2) is 66.7 Å². The highest BCUT2D eigenvalue weighted by atomic mass is 16.5. The Kier molecular flexibility index (Phi) is 5.11. The molecule has 0 aliphatic carbocycles. The molecule has 29 heavy (non-hydrogen) atoms. The number of hydrogen-bond donors (Lipinski definition) is 1. The summed E-state index contributed by atoms with van der Waals surface area (Å²) < 4.78 is 12.3. The van der Waals surface area contributed by atoms with Gasteiger partial charge in [-0.2, -0.15) is 0 Å². The molecule has 0 aliphatic rings. The lowest BCUT2D eigenvalue weighted by atomic mass is 10.1. The van der Waals surface area contributed by atoms with Crippen LogP contribution in [0.5, 0.6) is 11.5 Å². The van der Waals surface area contributed by atoms with Crippen LogP contribution in [0.1, 0.15) is 15.9 Å². The minimum absolute atomic E-state index is 0.250. The fraction of sp³-hybridized carbons (Fsp3) is 0.136. The van der Waals surface area contributed by atoms with E-state index in [2.05, 4.69) is 15.6 Å². The first-order chi connectivity index (χ1) is 14.2. The van der Waals surface area contributed by atoms with E-state index in [0.717, 1.165) is 11.1 Å². The number of ether oxygens (including phenoxy) is 2. The maximum absolute atomic E-state index is 12.7. The molecular formula is C22H20N4O3. The van der Waals surface area contributed by atoms with E-state index in [-0.39, 0.29) is 5.91 Å². The SMILES string of the molecule is COc1cc(NC(=O)c2ccc3c(c2)nnn3Cc2ccccc2)cc(OC)c1. The summed E-state index contributed by atoms with van der Waals surface area (Å²) in [7, 11) is 3.13. The number of aromatic nitrogens is 3. The molecule has 0 spiro atoms. The third-order valence-electron chi connectivity index (χ3n) is 4.56. The van der Waals surface area contributed by atoms with Crippen molar-refractivity contribution in [3.8, 4) is 11.5 Å². The molecule has 0 saturated heterocycles. The van der Waals surface area contributed by atoms with E-state index in [1.165, 1.54) is 0 Å².